The fourth-order valence-corrected chi connectivity index (χ4v) is 1.75. The number of hydrogen-bond acceptors (Lipinski definition) is 4. The van der Waals surface area contributed by atoms with Crippen LogP contribution in [0.5, 0.6) is 0 Å². The Balaban J connectivity index is 1.99. The summed E-state index contributed by atoms with van der Waals surface area (Å²) in [5.41, 5.74) is 1.89. The predicted molar refractivity (Wildman–Crippen MR) is 82.7 cm³/mol. The van der Waals surface area contributed by atoms with Crippen LogP contribution in [0.25, 0.3) is 0 Å². The molecule has 1 aromatic carbocycles. The van der Waals surface area contributed by atoms with Crippen molar-refractivity contribution in [2.45, 2.75) is 13.8 Å². The molecular formula is C16H15N3O3. The van der Waals surface area contributed by atoms with Crippen LogP contribution >= 0.6 is 0 Å². The van der Waals surface area contributed by atoms with Gasteiger partial charge in [0, 0.05) is 17.4 Å². The van der Waals surface area contributed by atoms with Crippen LogP contribution in [0.4, 0.5) is 11.5 Å². The quantitative estimate of drug-likeness (QED) is 0.671. The monoisotopic (exact) mass is 297 g/mol. The largest absolute Gasteiger partial charge is 0.318 e. The fraction of sp³-hybridized carbons (Fsp3) is 0.125. The molecule has 2 aromatic rings. The minimum Gasteiger partial charge on any atom is -0.318 e. The molecule has 6 heteroatoms. The van der Waals surface area contributed by atoms with E-state index in [-0.39, 0.29) is 5.78 Å². The van der Waals surface area contributed by atoms with Crippen molar-refractivity contribution >= 4 is 29.1 Å². The van der Waals surface area contributed by atoms with Crippen molar-refractivity contribution in [1.29, 1.82) is 0 Å². The number of aryl methyl sites for hydroxylation is 1. The van der Waals surface area contributed by atoms with Crippen molar-refractivity contribution in [3.63, 3.8) is 0 Å². The number of Topliss-reactive ketones (excluding diaryl/α,β-unsaturated/α-hetero) is 1. The maximum atomic E-state index is 11.8. The molecule has 112 valence electrons. The number of benzene rings is 1. The van der Waals surface area contributed by atoms with Crippen molar-refractivity contribution < 1.29 is 14.4 Å². The summed E-state index contributed by atoms with van der Waals surface area (Å²) >= 11 is 0. The normalized spacial score (nSPS) is 9.91. The highest BCUT2D eigenvalue weighted by Crippen LogP contribution is 2.10. The summed E-state index contributed by atoms with van der Waals surface area (Å²) < 4.78 is 0. The molecule has 0 saturated heterocycles. The number of aromatic nitrogens is 1. The van der Waals surface area contributed by atoms with E-state index >= 15 is 0 Å². The Bertz CT molecular complexity index is 724. The molecule has 0 aliphatic rings. The third-order valence-corrected chi connectivity index (χ3v) is 2.91. The highest BCUT2D eigenvalue weighted by atomic mass is 16.2. The molecule has 0 atom stereocenters. The van der Waals surface area contributed by atoms with E-state index in [4.69, 9.17) is 0 Å². The molecule has 0 aliphatic heterocycles. The van der Waals surface area contributed by atoms with Gasteiger partial charge in [-0.15, -0.1) is 0 Å². The molecule has 0 unspecified atom stereocenters. The first-order valence-electron chi connectivity index (χ1n) is 6.61. The first-order chi connectivity index (χ1) is 10.5. The maximum Gasteiger partial charge on any atom is 0.315 e. The molecule has 2 amide bonds. The molecule has 0 bridgehead atoms. The summed E-state index contributed by atoms with van der Waals surface area (Å²) in [6.45, 7) is 3.31. The second-order valence-electron chi connectivity index (χ2n) is 4.76. The second-order valence-corrected chi connectivity index (χ2v) is 4.76. The molecule has 6 nitrogen and oxygen atoms in total. The highest BCUT2D eigenvalue weighted by Gasteiger charge is 2.14. The molecule has 1 aromatic heterocycles. The van der Waals surface area contributed by atoms with Gasteiger partial charge in [0.25, 0.3) is 0 Å². The zero-order valence-electron chi connectivity index (χ0n) is 12.2. The van der Waals surface area contributed by atoms with E-state index in [1.54, 1.807) is 42.6 Å². The number of carbonyl (C=O) groups is 3. The van der Waals surface area contributed by atoms with E-state index < -0.39 is 11.8 Å². The first-order valence-corrected chi connectivity index (χ1v) is 6.61. The van der Waals surface area contributed by atoms with Crippen LogP contribution in [0, 0.1) is 6.92 Å². The Labute approximate surface area is 127 Å². The van der Waals surface area contributed by atoms with Crippen molar-refractivity contribution in [3.05, 3.63) is 53.7 Å². The number of amides is 2. The fourth-order valence-electron chi connectivity index (χ4n) is 1.75. The third kappa shape index (κ3) is 3.99. The summed E-state index contributed by atoms with van der Waals surface area (Å²) in [7, 11) is 0. The number of nitrogens with zero attached hydrogens (tertiary/aromatic N) is 1. The minimum atomic E-state index is -0.811. The number of nitrogens with one attached hydrogen (secondary N) is 2. The van der Waals surface area contributed by atoms with E-state index in [0.29, 0.717) is 17.1 Å². The van der Waals surface area contributed by atoms with Crippen molar-refractivity contribution in [3.8, 4) is 0 Å². The Hall–Kier alpha value is -3.02. The number of anilines is 2. The minimum absolute atomic E-state index is 0.0684. The molecule has 0 fully saturated rings. The van der Waals surface area contributed by atoms with Gasteiger partial charge >= 0.3 is 11.8 Å². The van der Waals surface area contributed by atoms with Gasteiger partial charge in [-0.2, -0.15) is 0 Å². The Morgan fingerprint density at radius 3 is 2.18 bits per heavy atom. The van der Waals surface area contributed by atoms with Crippen LogP contribution in [0.15, 0.2) is 42.6 Å². The summed E-state index contributed by atoms with van der Waals surface area (Å²) in [6.07, 6.45) is 1.54. The van der Waals surface area contributed by atoms with Gasteiger partial charge in [-0.05, 0) is 55.8 Å². The van der Waals surface area contributed by atoms with Crippen LogP contribution in [0.2, 0.25) is 0 Å². The van der Waals surface area contributed by atoms with Crippen LogP contribution < -0.4 is 10.6 Å². The van der Waals surface area contributed by atoms with Gasteiger partial charge in [-0.3, -0.25) is 14.4 Å². The number of ketones is 1. The molecule has 2 rings (SSSR count). The molecular weight excluding hydrogens is 282 g/mol. The van der Waals surface area contributed by atoms with Crippen molar-refractivity contribution in [2.24, 2.45) is 0 Å². The van der Waals surface area contributed by atoms with Crippen LogP contribution in [0.3, 0.4) is 0 Å². The van der Waals surface area contributed by atoms with Gasteiger partial charge in [0.05, 0.1) is 0 Å². The van der Waals surface area contributed by atoms with Crippen molar-refractivity contribution in [2.75, 3.05) is 10.6 Å². The lowest BCUT2D eigenvalue weighted by molar-refractivity contribution is -0.133. The van der Waals surface area contributed by atoms with Crippen molar-refractivity contribution in [1.82, 2.24) is 4.98 Å². The molecule has 0 spiro atoms. The zero-order valence-corrected chi connectivity index (χ0v) is 12.2. The average Bonchev–Trinajstić information content (AvgIpc) is 2.47. The van der Waals surface area contributed by atoms with E-state index in [0.717, 1.165) is 5.56 Å². The Morgan fingerprint density at radius 2 is 1.59 bits per heavy atom. The first kappa shape index (κ1) is 15.4. The van der Waals surface area contributed by atoms with E-state index in [9.17, 15) is 14.4 Å². The van der Waals surface area contributed by atoms with Crippen LogP contribution in [0.1, 0.15) is 22.8 Å². The van der Waals surface area contributed by atoms with Crippen LogP contribution in [-0.4, -0.2) is 22.6 Å². The number of hydrogen-bond donors (Lipinski definition) is 2. The van der Waals surface area contributed by atoms with Gasteiger partial charge in [0.2, 0.25) is 0 Å². The molecule has 0 aliphatic carbocycles. The summed E-state index contributed by atoms with van der Waals surface area (Å²) in [4.78, 5) is 38.7. The Morgan fingerprint density at radius 1 is 0.955 bits per heavy atom. The lowest BCUT2D eigenvalue weighted by atomic mass is 10.1. The number of pyridine rings is 1. The summed E-state index contributed by atoms with van der Waals surface area (Å²) in [5.74, 6) is -1.37. The van der Waals surface area contributed by atoms with Crippen LogP contribution in [-0.2, 0) is 9.59 Å². The van der Waals surface area contributed by atoms with Gasteiger partial charge in [0.1, 0.15) is 5.82 Å². The number of rotatable bonds is 3. The maximum absolute atomic E-state index is 11.8. The van der Waals surface area contributed by atoms with E-state index in [1.807, 2.05) is 6.92 Å². The summed E-state index contributed by atoms with van der Waals surface area (Å²) in [6, 6.07) is 9.73. The van der Waals surface area contributed by atoms with Gasteiger partial charge in [0.15, 0.2) is 5.78 Å². The Kier molecular flexibility index (Phi) is 4.63. The van der Waals surface area contributed by atoms with Gasteiger partial charge < -0.3 is 10.6 Å². The number of carbonyl (C=O) groups excluding carboxylic acids is 3. The lowest BCUT2D eigenvalue weighted by Gasteiger charge is -2.06. The molecule has 0 radical (unpaired) electrons. The third-order valence-electron chi connectivity index (χ3n) is 2.91. The molecule has 22 heavy (non-hydrogen) atoms. The molecule has 2 N–H and O–H groups in total. The van der Waals surface area contributed by atoms with E-state index in [1.165, 1.54) is 6.92 Å². The lowest BCUT2D eigenvalue weighted by Crippen LogP contribution is -2.29. The summed E-state index contributed by atoms with van der Waals surface area (Å²) in [5, 5.41) is 4.87. The zero-order chi connectivity index (χ0) is 16.1. The standard InChI is InChI=1S/C16H15N3O3/c1-10-7-8-17-14(9-10)19-16(22)15(21)18-13-5-3-12(4-6-13)11(2)20/h3-9H,1-2H3,(H,18,21)(H,17,19,22). The highest BCUT2D eigenvalue weighted by molar-refractivity contribution is 6.43. The van der Waals surface area contributed by atoms with E-state index in [2.05, 4.69) is 15.6 Å². The SMILES string of the molecule is CC(=O)c1ccc(NC(=O)C(=O)Nc2cc(C)ccn2)cc1. The van der Waals surface area contributed by atoms with Gasteiger partial charge in [-0.1, -0.05) is 0 Å². The molecule has 1 heterocycles. The predicted octanol–water partition coefficient (Wildman–Crippen LogP) is 2.17. The smallest absolute Gasteiger partial charge is 0.315 e. The molecule has 0 saturated carbocycles. The topological polar surface area (TPSA) is 88.2 Å². The average molecular weight is 297 g/mol. The second kappa shape index (κ2) is 6.62. The van der Waals surface area contributed by atoms with Gasteiger partial charge in [-0.25, -0.2) is 4.98 Å².